The Morgan fingerprint density at radius 2 is 1.91 bits per heavy atom. The molecule has 0 saturated heterocycles. The molecule has 5 atom stereocenters. The van der Waals surface area contributed by atoms with E-state index in [9.17, 15) is 28.9 Å². The largest absolute Gasteiger partial charge is 0.487 e. The summed E-state index contributed by atoms with van der Waals surface area (Å²) in [5, 5.41) is 31.1. The molecule has 0 heterocycles. The molecule has 184 valence electrons. The van der Waals surface area contributed by atoms with E-state index in [1.165, 1.54) is 6.08 Å². The van der Waals surface area contributed by atoms with Crippen molar-refractivity contribution in [2.45, 2.75) is 69.9 Å². The van der Waals surface area contributed by atoms with Crippen LogP contribution in [0.1, 0.15) is 39.5 Å². The zero-order valence-electron chi connectivity index (χ0n) is 19.0. The van der Waals surface area contributed by atoms with Crippen molar-refractivity contribution in [1.82, 2.24) is 0 Å². The van der Waals surface area contributed by atoms with Gasteiger partial charge in [-0.05, 0) is 44.9 Å². The lowest BCUT2D eigenvalue weighted by Gasteiger charge is -2.24. The van der Waals surface area contributed by atoms with E-state index >= 15 is 0 Å². The number of unbranched alkanes of at least 4 members (excludes halogenated alkanes) is 1. The lowest BCUT2D eigenvalue weighted by atomic mass is 9.87. The van der Waals surface area contributed by atoms with Crippen LogP contribution >= 0.6 is 0 Å². The van der Waals surface area contributed by atoms with Crippen LogP contribution in [0.5, 0.6) is 5.75 Å². The zero-order chi connectivity index (χ0) is 24.4. The first-order valence-electron chi connectivity index (χ1n) is 11.2. The van der Waals surface area contributed by atoms with Crippen molar-refractivity contribution in [3.05, 3.63) is 54.6 Å². The number of carbonyl (C=O) groups is 1. The molecule has 33 heavy (non-hydrogen) atoms. The SMILES string of the molecule is CC(C)OC(=O)CCC/C=C/[C@@H](O)[C@@H]1[C@@H](/C=C/C(F)(F)COc2ccccc2)[C@H](O)C[C@@H]1O. The second-order valence-electron chi connectivity index (χ2n) is 8.60. The lowest BCUT2D eigenvalue weighted by molar-refractivity contribution is -0.147. The number of alkyl halides is 2. The van der Waals surface area contributed by atoms with Crippen LogP contribution in [0.25, 0.3) is 0 Å². The molecule has 3 N–H and O–H groups in total. The Bertz CT molecular complexity index is 780. The number of halogens is 2. The topological polar surface area (TPSA) is 96.2 Å². The Morgan fingerprint density at radius 1 is 1.21 bits per heavy atom. The number of allylic oxidation sites excluding steroid dienone is 1. The minimum Gasteiger partial charge on any atom is -0.487 e. The summed E-state index contributed by atoms with van der Waals surface area (Å²) < 4.78 is 38.7. The van der Waals surface area contributed by atoms with Gasteiger partial charge in [0, 0.05) is 24.7 Å². The fourth-order valence-corrected chi connectivity index (χ4v) is 3.83. The average Bonchev–Trinajstić information content (AvgIpc) is 3.03. The summed E-state index contributed by atoms with van der Waals surface area (Å²) in [7, 11) is 0. The van der Waals surface area contributed by atoms with Crippen LogP contribution in [0, 0.1) is 11.8 Å². The van der Waals surface area contributed by atoms with Gasteiger partial charge in [0.25, 0.3) is 5.92 Å². The first kappa shape index (κ1) is 27.0. The molecule has 1 aromatic carbocycles. The number of hydrogen-bond donors (Lipinski definition) is 3. The smallest absolute Gasteiger partial charge is 0.306 e. The van der Waals surface area contributed by atoms with Crippen molar-refractivity contribution < 1.29 is 38.4 Å². The van der Waals surface area contributed by atoms with E-state index in [0.29, 0.717) is 24.7 Å². The third-order valence-corrected chi connectivity index (χ3v) is 5.40. The van der Waals surface area contributed by atoms with Gasteiger partial charge in [0.1, 0.15) is 5.75 Å². The van der Waals surface area contributed by atoms with Crippen LogP contribution in [0.4, 0.5) is 8.78 Å². The molecular formula is C25H34F2O6. The summed E-state index contributed by atoms with van der Waals surface area (Å²) in [4.78, 5) is 11.5. The normalized spacial score (nSPS) is 24.6. The Hall–Kier alpha value is -2.29. The van der Waals surface area contributed by atoms with Crippen molar-refractivity contribution in [1.29, 1.82) is 0 Å². The van der Waals surface area contributed by atoms with Gasteiger partial charge in [-0.2, -0.15) is 8.78 Å². The molecule has 0 radical (unpaired) electrons. The van der Waals surface area contributed by atoms with Gasteiger partial charge in [-0.25, -0.2) is 0 Å². The number of aliphatic hydroxyl groups excluding tert-OH is 3. The highest BCUT2D eigenvalue weighted by Gasteiger charge is 2.44. The molecular weight excluding hydrogens is 434 g/mol. The number of hydrogen-bond acceptors (Lipinski definition) is 6. The van der Waals surface area contributed by atoms with Gasteiger partial charge in [-0.1, -0.05) is 36.4 Å². The second-order valence-corrected chi connectivity index (χ2v) is 8.60. The summed E-state index contributed by atoms with van der Waals surface area (Å²) in [6.07, 6.45) is 2.82. The van der Waals surface area contributed by atoms with Crippen molar-refractivity contribution in [3.63, 3.8) is 0 Å². The fraction of sp³-hybridized carbons (Fsp3) is 0.560. The molecule has 1 saturated carbocycles. The lowest BCUT2D eigenvalue weighted by Crippen LogP contribution is -2.32. The van der Waals surface area contributed by atoms with Crippen LogP contribution in [-0.4, -0.2) is 58.2 Å². The van der Waals surface area contributed by atoms with Gasteiger partial charge in [0.2, 0.25) is 0 Å². The predicted molar refractivity (Wildman–Crippen MR) is 120 cm³/mol. The van der Waals surface area contributed by atoms with Crippen molar-refractivity contribution in [3.8, 4) is 5.75 Å². The predicted octanol–water partition coefficient (Wildman–Crippen LogP) is 3.65. The zero-order valence-corrected chi connectivity index (χ0v) is 19.0. The van der Waals surface area contributed by atoms with Gasteiger partial charge in [-0.3, -0.25) is 4.79 Å². The van der Waals surface area contributed by atoms with Crippen molar-refractivity contribution in [2.24, 2.45) is 11.8 Å². The van der Waals surface area contributed by atoms with Crippen LogP contribution in [0.3, 0.4) is 0 Å². The van der Waals surface area contributed by atoms with Crippen molar-refractivity contribution >= 4 is 5.97 Å². The molecule has 0 amide bonds. The van der Waals surface area contributed by atoms with E-state index in [2.05, 4.69) is 0 Å². The quantitative estimate of drug-likeness (QED) is 0.246. The molecule has 1 aromatic rings. The van der Waals surface area contributed by atoms with E-state index in [4.69, 9.17) is 9.47 Å². The number of benzene rings is 1. The first-order chi connectivity index (χ1) is 15.6. The molecule has 0 spiro atoms. The van der Waals surface area contributed by atoms with E-state index in [1.54, 1.807) is 50.3 Å². The first-order valence-corrected chi connectivity index (χ1v) is 11.2. The van der Waals surface area contributed by atoms with E-state index < -0.39 is 42.7 Å². The van der Waals surface area contributed by atoms with Crippen LogP contribution < -0.4 is 4.74 Å². The summed E-state index contributed by atoms with van der Waals surface area (Å²) in [5.41, 5.74) is 0. The standard InChI is InChI=1S/C25H34F2O6/c1-17(2)33-23(31)12-8-4-7-11-20(28)24-19(21(29)15-22(24)30)13-14-25(26,27)16-32-18-9-5-3-6-10-18/h3,5-7,9-11,13-14,17,19-22,24,28-30H,4,8,12,15-16H2,1-2H3/b11-7+,14-13+/t19-,20+,21+,22-,24-/m0/s1. The molecule has 0 aromatic heterocycles. The van der Waals surface area contributed by atoms with Crippen LogP contribution in [0.2, 0.25) is 0 Å². The Morgan fingerprint density at radius 3 is 2.58 bits per heavy atom. The van der Waals surface area contributed by atoms with Crippen LogP contribution in [0.15, 0.2) is 54.6 Å². The van der Waals surface area contributed by atoms with Gasteiger partial charge in [-0.15, -0.1) is 0 Å². The fourth-order valence-electron chi connectivity index (χ4n) is 3.83. The third kappa shape index (κ3) is 9.23. The molecule has 0 aliphatic heterocycles. The molecule has 1 fully saturated rings. The van der Waals surface area contributed by atoms with E-state index in [1.807, 2.05) is 0 Å². The Labute approximate surface area is 193 Å². The highest BCUT2D eigenvalue weighted by Crippen LogP contribution is 2.37. The Balaban J connectivity index is 1.90. The van der Waals surface area contributed by atoms with Gasteiger partial charge >= 0.3 is 5.97 Å². The number of esters is 1. The number of rotatable bonds is 12. The molecule has 8 heteroatoms. The second kappa shape index (κ2) is 12.8. The molecule has 0 unspecified atom stereocenters. The molecule has 1 aliphatic carbocycles. The minimum absolute atomic E-state index is 0.0162. The maximum atomic E-state index is 14.3. The van der Waals surface area contributed by atoms with Crippen LogP contribution in [-0.2, 0) is 9.53 Å². The highest BCUT2D eigenvalue weighted by molar-refractivity contribution is 5.69. The number of para-hydroxylation sites is 1. The molecule has 6 nitrogen and oxygen atoms in total. The monoisotopic (exact) mass is 468 g/mol. The molecule has 2 rings (SSSR count). The molecule has 0 bridgehead atoms. The average molecular weight is 469 g/mol. The highest BCUT2D eigenvalue weighted by atomic mass is 19.3. The Kier molecular flexibility index (Phi) is 10.5. The summed E-state index contributed by atoms with van der Waals surface area (Å²) >= 11 is 0. The number of carbonyl (C=O) groups excluding carboxylic acids is 1. The van der Waals surface area contributed by atoms with E-state index in [0.717, 1.165) is 6.08 Å². The minimum atomic E-state index is -3.29. The van der Waals surface area contributed by atoms with Gasteiger partial charge in [0.05, 0.1) is 24.4 Å². The summed E-state index contributed by atoms with van der Waals surface area (Å²) in [6.45, 7) is 2.67. The van der Waals surface area contributed by atoms with E-state index in [-0.39, 0.29) is 24.9 Å². The third-order valence-electron chi connectivity index (χ3n) is 5.40. The summed E-state index contributed by atoms with van der Waals surface area (Å²) in [5.74, 6) is -4.94. The van der Waals surface area contributed by atoms with Gasteiger partial charge < -0.3 is 24.8 Å². The maximum absolute atomic E-state index is 14.3. The van der Waals surface area contributed by atoms with Gasteiger partial charge in [0.15, 0.2) is 6.61 Å². The van der Waals surface area contributed by atoms with Crippen molar-refractivity contribution in [2.75, 3.05) is 6.61 Å². The molecule has 1 aliphatic rings. The maximum Gasteiger partial charge on any atom is 0.306 e. The summed E-state index contributed by atoms with van der Waals surface area (Å²) in [6, 6.07) is 8.25. The number of ether oxygens (including phenoxy) is 2. The number of aliphatic hydroxyl groups is 3.